The van der Waals surface area contributed by atoms with Crippen LogP contribution in [0.25, 0.3) is 0 Å². The van der Waals surface area contributed by atoms with E-state index in [-0.39, 0.29) is 6.04 Å². The van der Waals surface area contributed by atoms with Gasteiger partial charge in [0.05, 0.1) is 26.8 Å². The maximum absolute atomic E-state index is 6.17. The molecule has 6 heteroatoms. The van der Waals surface area contributed by atoms with Crippen molar-refractivity contribution in [3.05, 3.63) is 49.1 Å². The molecule has 1 aromatic carbocycles. The third-order valence-corrected chi connectivity index (χ3v) is 4.38. The lowest BCUT2D eigenvalue weighted by Crippen LogP contribution is -2.11. The van der Waals surface area contributed by atoms with E-state index in [0.29, 0.717) is 19.4 Å². The second-order valence-electron chi connectivity index (χ2n) is 3.65. The molecular formula is C12H10Cl3NOS. The molecule has 0 fully saturated rings. The first kappa shape index (κ1) is 14.0. The van der Waals surface area contributed by atoms with Crippen LogP contribution in [0.3, 0.4) is 0 Å². The molecule has 0 aliphatic carbocycles. The first-order chi connectivity index (χ1) is 8.52. The highest BCUT2D eigenvalue weighted by atomic mass is 35.5. The first-order valence-corrected chi connectivity index (χ1v) is 7.01. The quantitative estimate of drug-likeness (QED) is 0.884. The molecule has 1 unspecified atom stereocenters. The third kappa shape index (κ3) is 2.76. The van der Waals surface area contributed by atoms with E-state index in [2.05, 4.69) is 0 Å². The summed E-state index contributed by atoms with van der Waals surface area (Å²) in [6, 6.07) is 6.82. The van der Waals surface area contributed by atoms with E-state index >= 15 is 0 Å². The van der Waals surface area contributed by atoms with Gasteiger partial charge in [-0.1, -0.05) is 40.9 Å². The van der Waals surface area contributed by atoms with Crippen molar-refractivity contribution in [3.8, 4) is 5.75 Å². The van der Waals surface area contributed by atoms with Crippen molar-refractivity contribution < 1.29 is 4.74 Å². The van der Waals surface area contributed by atoms with E-state index in [9.17, 15) is 0 Å². The van der Waals surface area contributed by atoms with Crippen LogP contribution in [0.2, 0.25) is 13.7 Å². The van der Waals surface area contributed by atoms with E-state index < -0.39 is 0 Å². The van der Waals surface area contributed by atoms with Gasteiger partial charge in [0.15, 0.2) is 0 Å². The van der Waals surface area contributed by atoms with Crippen LogP contribution >= 0.6 is 46.1 Å². The summed E-state index contributed by atoms with van der Waals surface area (Å²) in [6.07, 6.45) is 0. The number of halogens is 3. The Morgan fingerprint density at radius 1 is 1.22 bits per heavy atom. The van der Waals surface area contributed by atoms with Gasteiger partial charge in [-0.25, -0.2) is 0 Å². The molecule has 1 atom stereocenters. The Kier molecular flexibility index (Phi) is 4.41. The molecule has 1 heterocycles. The molecule has 0 bridgehead atoms. The van der Waals surface area contributed by atoms with Gasteiger partial charge in [0.25, 0.3) is 0 Å². The largest absolute Gasteiger partial charge is 0.495 e. The van der Waals surface area contributed by atoms with E-state index in [4.69, 9.17) is 45.3 Å². The SMILES string of the molecule is COc1cc(C(N)c2cc(Cl)sc2Cl)ccc1Cl. The van der Waals surface area contributed by atoms with Gasteiger partial charge < -0.3 is 10.5 Å². The molecule has 2 N–H and O–H groups in total. The molecule has 2 nitrogen and oxygen atoms in total. The number of hydrogen-bond donors (Lipinski definition) is 1. The highest BCUT2D eigenvalue weighted by molar-refractivity contribution is 7.20. The molecule has 2 rings (SSSR count). The minimum Gasteiger partial charge on any atom is -0.495 e. The highest BCUT2D eigenvalue weighted by Gasteiger charge is 2.17. The lowest BCUT2D eigenvalue weighted by atomic mass is 10.0. The Balaban J connectivity index is 2.39. The summed E-state index contributed by atoms with van der Waals surface area (Å²) in [6.45, 7) is 0. The van der Waals surface area contributed by atoms with Crippen molar-refractivity contribution in [2.24, 2.45) is 5.73 Å². The van der Waals surface area contributed by atoms with Gasteiger partial charge in [0, 0.05) is 5.56 Å². The maximum Gasteiger partial charge on any atom is 0.137 e. The van der Waals surface area contributed by atoms with E-state index in [1.807, 2.05) is 6.07 Å². The van der Waals surface area contributed by atoms with Crippen LogP contribution in [-0.4, -0.2) is 7.11 Å². The molecule has 18 heavy (non-hydrogen) atoms. The fourth-order valence-corrected chi connectivity index (χ4v) is 3.36. The lowest BCUT2D eigenvalue weighted by Gasteiger charge is -2.13. The zero-order valence-electron chi connectivity index (χ0n) is 9.41. The van der Waals surface area contributed by atoms with Crippen LogP contribution in [0.5, 0.6) is 5.75 Å². The molecule has 0 amide bonds. The van der Waals surface area contributed by atoms with Crippen LogP contribution in [0.4, 0.5) is 0 Å². The highest BCUT2D eigenvalue weighted by Crippen LogP contribution is 2.37. The van der Waals surface area contributed by atoms with Crippen molar-refractivity contribution in [2.45, 2.75) is 6.04 Å². The molecule has 0 aliphatic heterocycles. The Morgan fingerprint density at radius 2 is 1.94 bits per heavy atom. The Hall–Kier alpha value is -0.450. The first-order valence-electron chi connectivity index (χ1n) is 5.06. The van der Waals surface area contributed by atoms with Gasteiger partial charge in [-0.15, -0.1) is 11.3 Å². The second-order valence-corrected chi connectivity index (χ2v) is 6.34. The van der Waals surface area contributed by atoms with Crippen LogP contribution in [0.1, 0.15) is 17.2 Å². The summed E-state index contributed by atoms with van der Waals surface area (Å²) < 4.78 is 6.38. The minimum absolute atomic E-state index is 0.354. The number of ether oxygens (including phenoxy) is 1. The van der Waals surface area contributed by atoms with E-state index in [1.165, 1.54) is 11.3 Å². The summed E-state index contributed by atoms with van der Waals surface area (Å²) in [5.41, 5.74) is 7.84. The molecule has 0 aliphatic rings. The molecule has 96 valence electrons. The van der Waals surface area contributed by atoms with Gasteiger partial charge in [0.1, 0.15) is 5.75 Å². The predicted octanol–water partition coefficient (Wildman–Crippen LogP) is 4.77. The summed E-state index contributed by atoms with van der Waals surface area (Å²) in [4.78, 5) is 0. The van der Waals surface area contributed by atoms with Crippen molar-refractivity contribution in [2.75, 3.05) is 7.11 Å². The smallest absolute Gasteiger partial charge is 0.137 e. The van der Waals surface area contributed by atoms with Crippen molar-refractivity contribution in [1.29, 1.82) is 0 Å². The van der Waals surface area contributed by atoms with Crippen LogP contribution in [0, 0.1) is 0 Å². The molecule has 0 radical (unpaired) electrons. The number of thiophene rings is 1. The zero-order valence-corrected chi connectivity index (χ0v) is 12.5. The average molecular weight is 323 g/mol. The van der Waals surface area contributed by atoms with Crippen molar-refractivity contribution in [1.82, 2.24) is 0 Å². The Bertz CT molecular complexity index is 570. The topological polar surface area (TPSA) is 35.2 Å². The third-order valence-electron chi connectivity index (χ3n) is 2.55. The second kappa shape index (κ2) is 5.68. The molecule has 0 saturated carbocycles. The van der Waals surface area contributed by atoms with Crippen molar-refractivity contribution >= 4 is 46.1 Å². The van der Waals surface area contributed by atoms with Crippen molar-refractivity contribution in [3.63, 3.8) is 0 Å². The fourth-order valence-electron chi connectivity index (χ4n) is 1.61. The van der Waals surface area contributed by atoms with Gasteiger partial charge in [-0.3, -0.25) is 0 Å². The lowest BCUT2D eigenvalue weighted by molar-refractivity contribution is 0.414. The number of nitrogens with two attached hydrogens (primary N) is 1. The predicted molar refractivity (Wildman–Crippen MR) is 78.4 cm³/mol. The number of rotatable bonds is 3. The van der Waals surface area contributed by atoms with Gasteiger partial charge in [-0.05, 0) is 23.8 Å². The maximum atomic E-state index is 6.17. The number of methoxy groups -OCH3 is 1. The normalized spacial score (nSPS) is 12.5. The van der Waals surface area contributed by atoms with E-state index in [0.717, 1.165) is 11.1 Å². The van der Waals surface area contributed by atoms with E-state index in [1.54, 1.807) is 25.3 Å². The molecule has 0 saturated heterocycles. The fraction of sp³-hybridized carbons (Fsp3) is 0.167. The van der Waals surface area contributed by atoms with Crippen LogP contribution in [0.15, 0.2) is 24.3 Å². The molecule has 1 aromatic heterocycles. The number of benzene rings is 1. The summed E-state index contributed by atoms with van der Waals surface area (Å²) in [5, 5.41) is 0.544. The van der Waals surface area contributed by atoms with Gasteiger partial charge in [-0.2, -0.15) is 0 Å². The number of hydrogen-bond acceptors (Lipinski definition) is 3. The molecule has 0 spiro atoms. The average Bonchev–Trinajstić information content (AvgIpc) is 2.68. The zero-order chi connectivity index (χ0) is 13.3. The Morgan fingerprint density at radius 3 is 2.50 bits per heavy atom. The monoisotopic (exact) mass is 321 g/mol. The molecule has 2 aromatic rings. The van der Waals surface area contributed by atoms with Gasteiger partial charge >= 0.3 is 0 Å². The summed E-state index contributed by atoms with van der Waals surface area (Å²) in [7, 11) is 1.56. The van der Waals surface area contributed by atoms with Crippen LogP contribution in [-0.2, 0) is 0 Å². The summed E-state index contributed by atoms with van der Waals surface area (Å²) >= 11 is 19.3. The summed E-state index contributed by atoms with van der Waals surface area (Å²) in [5.74, 6) is 0.585. The molecular weight excluding hydrogens is 313 g/mol. The van der Waals surface area contributed by atoms with Gasteiger partial charge in [0.2, 0.25) is 0 Å². The Labute approximate surface area is 124 Å². The minimum atomic E-state index is -0.354. The van der Waals surface area contributed by atoms with Crippen LogP contribution < -0.4 is 10.5 Å². The standard InChI is InChI=1S/C12H10Cl3NOS/c1-17-9-4-6(2-3-8(9)13)11(16)7-5-10(14)18-12(7)15/h2-5,11H,16H2,1H3.